The molecule has 1 aromatic carbocycles. The Labute approximate surface area is 177 Å². The van der Waals surface area contributed by atoms with Gasteiger partial charge in [0.2, 0.25) is 15.9 Å². The van der Waals surface area contributed by atoms with Gasteiger partial charge in [-0.25, -0.2) is 8.42 Å². The summed E-state index contributed by atoms with van der Waals surface area (Å²) in [5.74, 6) is -0.149. The first-order valence-electron chi connectivity index (χ1n) is 10.7. The number of rotatable bonds is 4. The predicted molar refractivity (Wildman–Crippen MR) is 110 cm³/mol. The first kappa shape index (κ1) is 21.3. The molecule has 3 aliphatic heterocycles. The second-order valence-electron chi connectivity index (χ2n) is 8.09. The van der Waals surface area contributed by atoms with Crippen molar-refractivity contribution in [2.24, 2.45) is 0 Å². The van der Waals surface area contributed by atoms with Crippen LogP contribution in [-0.2, 0) is 24.3 Å². The minimum Gasteiger partial charge on any atom is -0.368 e. The number of hydrogen-bond donors (Lipinski definition) is 0. The molecule has 0 spiro atoms. The zero-order valence-electron chi connectivity index (χ0n) is 17.1. The van der Waals surface area contributed by atoms with Crippen molar-refractivity contribution in [3.8, 4) is 0 Å². The zero-order chi connectivity index (χ0) is 21.1. The molecule has 0 N–H and O–H groups in total. The molecule has 3 heterocycles. The average Bonchev–Trinajstić information content (AvgIpc) is 3.34. The van der Waals surface area contributed by atoms with Crippen LogP contribution in [0.3, 0.4) is 0 Å². The number of carbonyl (C=O) groups excluding carboxylic acids is 2. The highest BCUT2D eigenvalue weighted by atomic mass is 32.2. The highest BCUT2D eigenvalue weighted by Gasteiger charge is 2.40. The normalized spacial score (nSPS) is 26.0. The van der Waals surface area contributed by atoms with Gasteiger partial charge in [-0.3, -0.25) is 9.59 Å². The highest BCUT2D eigenvalue weighted by molar-refractivity contribution is 7.89. The number of benzene rings is 1. The van der Waals surface area contributed by atoms with E-state index >= 15 is 0 Å². The van der Waals surface area contributed by atoms with E-state index < -0.39 is 16.1 Å². The van der Waals surface area contributed by atoms with Crippen LogP contribution in [0.4, 0.5) is 0 Å². The number of sulfonamides is 1. The fraction of sp³-hybridized carbons (Fsp3) is 0.619. The number of piperidine rings is 1. The molecule has 2 unspecified atom stereocenters. The topological polar surface area (TPSA) is 87.2 Å². The van der Waals surface area contributed by atoms with Gasteiger partial charge in [-0.2, -0.15) is 4.31 Å². The number of hydrogen-bond acceptors (Lipinski definition) is 5. The molecule has 0 saturated carbocycles. The van der Waals surface area contributed by atoms with Gasteiger partial charge in [0.15, 0.2) is 0 Å². The van der Waals surface area contributed by atoms with Gasteiger partial charge in [0.1, 0.15) is 12.1 Å². The molecule has 3 saturated heterocycles. The maximum Gasteiger partial charge on any atom is 0.251 e. The van der Waals surface area contributed by atoms with Gasteiger partial charge < -0.3 is 14.5 Å². The third-order valence-electron chi connectivity index (χ3n) is 6.20. The van der Waals surface area contributed by atoms with Crippen molar-refractivity contribution in [3.05, 3.63) is 30.3 Å². The minimum atomic E-state index is -3.73. The molecule has 0 aromatic heterocycles. The molecule has 4 rings (SSSR count). The van der Waals surface area contributed by atoms with E-state index in [1.165, 1.54) is 4.31 Å². The summed E-state index contributed by atoms with van der Waals surface area (Å²) in [4.78, 5) is 29.5. The van der Waals surface area contributed by atoms with E-state index in [2.05, 4.69) is 0 Å². The van der Waals surface area contributed by atoms with Crippen LogP contribution in [0.2, 0.25) is 0 Å². The van der Waals surface area contributed by atoms with Gasteiger partial charge in [0.05, 0.1) is 4.90 Å². The van der Waals surface area contributed by atoms with E-state index in [-0.39, 0.29) is 22.8 Å². The highest BCUT2D eigenvalue weighted by Crippen LogP contribution is 2.27. The first-order valence-corrected chi connectivity index (χ1v) is 12.2. The number of nitrogens with zero attached hydrogens (tertiary/aromatic N) is 3. The summed E-state index contributed by atoms with van der Waals surface area (Å²) < 4.78 is 33.2. The second kappa shape index (κ2) is 9.03. The molecule has 2 atom stereocenters. The average molecular weight is 436 g/mol. The Balaban J connectivity index is 1.42. The summed E-state index contributed by atoms with van der Waals surface area (Å²) in [6.45, 7) is 2.75. The van der Waals surface area contributed by atoms with Crippen molar-refractivity contribution in [2.75, 3.05) is 39.3 Å². The van der Waals surface area contributed by atoms with Crippen LogP contribution >= 0.6 is 0 Å². The van der Waals surface area contributed by atoms with Crippen LogP contribution in [0, 0.1) is 0 Å². The molecule has 2 amide bonds. The Bertz CT molecular complexity index is 862. The second-order valence-corrected chi connectivity index (χ2v) is 9.98. The Morgan fingerprint density at radius 1 is 0.833 bits per heavy atom. The van der Waals surface area contributed by atoms with Crippen LogP contribution in [-0.4, -0.2) is 85.8 Å². The molecular weight excluding hydrogens is 406 g/mol. The molecule has 0 radical (unpaired) electrons. The summed E-state index contributed by atoms with van der Waals surface area (Å²) in [5.41, 5.74) is 0. The third kappa shape index (κ3) is 4.24. The van der Waals surface area contributed by atoms with Crippen molar-refractivity contribution in [2.45, 2.75) is 49.1 Å². The van der Waals surface area contributed by atoms with Crippen LogP contribution < -0.4 is 0 Å². The fourth-order valence-corrected chi connectivity index (χ4v) is 6.17. The maximum absolute atomic E-state index is 13.3. The van der Waals surface area contributed by atoms with E-state index in [9.17, 15) is 18.0 Å². The van der Waals surface area contributed by atoms with Gasteiger partial charge in [-0.05, 0) is 37.8 Å². The molecule has 0 aliphatic carbocycles. The lowest BCUT2D eigenvalue weighted by Crippen LogP contribution is -2.58. The van der Waals surface area contributed by atoms with Gasteiger partial charge in [-0.1, -0.05) is 24.6 Å². The van der Waals surface area contributed by atoms with Gasteiger partial charge >= 0.3 is 0 Å². The molecular formula is C21H29N3O5S. The van der Waals surface area contributed by atoms with E-state index in [4.69, 9.17) is 4.74 Å². The third-order valence-corrected chi connectivity index (χ3v) is 8.12. The molecule has 1 aromatic rings. The molecule has 0 bridgehead atoms. The number of ether oxygens (including phenoxy) is 1. The van der Waals surface area contributed by atoms with Crippen LogP contribution in [0.5, 0.6) is 0 Å². The van der Waals surface area contributed by atoms with E-state index in [0.29, 0.717) is 45.8 Å². The van der Waals surface area contributed by atoms with Crippen LogP contribution in [0.15, 0.2) is 35.2 Å². The largest absolute Gasteiger partial charge is 0.368 e. The minimum absolute atomic E-state index is 0.00514. The number of amides is 2. The molecule has 8 nitrogen and oxygen atoms in total. The van der Waals surface area contributed by atoms with Gasteiger partial charge in [0.25, 0.3) is 5.91 Å². The monoisotopic (exact) mass is 435 g/mol. The summed E-state index contributed by atoms with van der Waals surface area (Å²) in [7, 11) is -3.73. The summed E-state index contributed by atoms with van der Waals surface area (Å²) in [6, 6.07) is 7.62. The van der Waals surface area contributed by atoms with E-state index in [1.54, 1.807) is 40.1 Å². The predicted octanol–water partition coefficient (Wildman–Crippen LogP) is 1.08. The lowest BCUT2D eigenvalue weighted by Gasteiger charge is -2.40. The Morgan fingerprint density at radius 2 is 1.50 bits per heavy atom. The Morgan fingerprint density at radius 3 is 2.13 bits per heavy atom. The quantitative estimate of drug-likeness (QED) is 0.706. The zero-order valence-corrected chi connectivity index (χ0v) is 17.9. The van der Waals surface area contributed by atoms with E-state index in [1.807, 2.05) is 0 Å². The summed E-state index contributed by atoms with van der Waals surface area (Å²) in [5, 5.41) is 0. The maximum atomic E-state index is 13.3. The SMILES string of the molecule is O=C(C1CCCO1)N1CCN(C(=O)C2CCCCN2S(=O)(=O)c2ccccc2)CC1. The van der Waals surface area contributed by atoms with Crippen molar-refractivity contribution in [3.63, 3.8) is 0 Å². The van der Waals surface area contributed by atoms with Gasteiger partial charge in [0, 0.05) is 39.3 Å². The molecule has 30 heavy (non-hydrogen) atoms. The van der Waals surface area contributed by atoms with Crippen LogP contribution in [0.1, 0.15) is 32.1 Å². The van der Waals surface area contributed by atoms with Crippen molar-refractivity contribution in [1.29, 1.82) is 0 Å². The molecule has 164 valence electrons. The summed E-state index contributed by atoms with van der Waals surface area (Å²) >= 11 is 0. The Kier molecular flexibility index (Phi) is 6.40. The lowest BCUT2D eigenvalue weighted by atomic mass is 10.0. The van der Waals surface area contributed by atoms with E-state index in [0.717, 1.165) is 25.7 Å². The van der Waals surface area contributed by atoms with Gasteiger partial charge in [-0.15, -0.1) is 0 Å². The molecule has 9 heteroatoms. The fourth-order valence-electron chi connectivity index (χ4n) is 4.50. The first-order chi connectivity index (χ1) is 14.5. The lowest BCUT2D eigenvalue weighted by molar-refractivity contribution is -0.147. The number of piperazine rings is 1. The van der Waals surface area contributed by atoms with Crippen molar-refractivity contribution >= 4 is 21.8 Å². The van der Waals surface area contributed by atoms with Crippen molar-refractivity contribution < 1.29 is 22.7 Å². The smallest absolute Gasteiger partial charge is 0.251 e. The standard InChI is InChI=1S/C21H29N3O5S/c25-20(22-12-14-23(15-13-22)21(26)19-10-6-16-29-19)18-9-4-5-11-24(18)30(27,28)17-7-2-1-3-8-17/h1-3,7-8,18-19H,4-6,9-16H2. The Hall–Kier alpha value is -1.97. The summed E-state index contributed by atoms with van der Waals surface area (Å²) in [6.07, 6.45) is 3.42. The van der Waals surface area contributed by atoms with Crippen LogP contribution in [0.25, 0.3) is 0 Å². The molecule has 3 fully saturated rings. The molecule has 3 aliphatic rings. The number of carbonyl (C=O) groups is 2. The van der Waals surface area contributed by atoms with Crippen molar-refractivity contribution in [1.82, 2.24) is 14.1 Å².